The molecule has 0 saturated carbocycles. The summed E-state index contributed by atoms with van der Waals surface area (Å²) in [6, 6.07) is 5.22. The van der Waals surface area contributed by atoms with Crippen molar-refractivity contribution >= 4 is 31.6 Å². The third kappa shape index (κ3) is 3.02. The van der Waals surface area contributed by atoms with Crippen LogP contribution >= 0.6 is 15.9 Å². The fraction of sp³-hybridized carbons (Fsp3) is 0.167. The van der Waals surface area contributed by atoms with E-state index >= 15 is 0 Å². The van der Waals surface area contributed by atoms with Crippen LogP contribution in [0.15, 0.2) is 39.8 Å². The summed E-state index contributed by atoms with van der Waals surface area (Å²) in [6.45, 7) is 0.242. The second-order valence-corrected chi connectivity index (χ2v) is 6.75. The van der Waals surface area contributed by atoms with Gasteiger partial charge in [-0.3, -0.25) is 4.72 Å². The molecular weight excluding hydrogens is 349 g/mol. The number of hydrogen-bond acceptors (Lipinski definition) is 3. The van der Waals surface area contributed by atoms with Crippen LogP contribution in [0.25, 0.3) is 0 Å². The quantitative estimate of drug-likeness (QED) is 0.875. The highest BCUT2D eigenvalue weighted by Crippen LogP contribution is 2.26. The number of hydrogen-bond donors (Lipinski definition) is 2. The van der Waals surface area contributed by atoms with Gasteiger partial charge in [-0.1, -0.05) is 0 Å². The van der Waals surface area contributed by atoms with Gasteiger partial charge in [0.1, 0.15) is 10.7 Å². The van der Waals surface area contributed by atoms with Gasteiger partial charge in [-0.15, -0.1) is 0 Å². The predicted octanol–water partition coefficient (Wildman–Crippen LogP) is 2.19. The fourth-order valence-electron chi connectivity index (χ4n) is 1.70. The number of benzene rings is 1. The Morgan fingerprint density at radius 3 is 2.65 bits per heavy atom. The van der Waals surface area contributed by atoms with Crippen LogP contribution in [0.4, 0.5) is 10.1 Å². The number of anilines is 1. The van der Waals surface area contributed by atoms with Gasteiger partial charge in [0.2, 0.25) is 0 Å². The van der Waals surface area contributed by atoms with E-state index in [1.54, 1.807) is 11.6 Å². The van der Waals surface area contributed by atoms with Gasteiger partial charge in [0.05, 0.1) is 5.69 Å². The molecule has 0 radical (unpaired) electrons. The van der Waals surface area contributed by atoms with Crippen LogP contribution in [0.1, 0.15) is 5.69 Å². The number of aromatic nitrogens is 1. The zero-order chi connectivity index (χ0) is 14.9. The van der Waals surface area contributed by atoms with Crippen molar-refractivity contribution in [2.75, 3.05) is 4.72 Å². The van der Waals surface area contributed by atoms with E-state index in [0.717, 1.165) is 0 Å². The molecule has 20 heavy (non-hydrogen) atoms. The number of aryl methyl sites for hydroxylation is 1. The second-order valence-electron chi connectivity index (χ2n) is 4.21. The van der Waals surface area contributed by atoms with Gasteiger partial charge in [0, 0.05) is 30.0 Å². The zero-order valence-corrected chi connectivity index (χ0v) is 13.0. The lowest BCUT2D eigenvalue weighted by atomic mass is 10.3. The molecule has 2 aromatic rings. The normalized spacial score (nSPS) is 11.6. The Bertz CT molecular complexity index is 743. The van der Waals surface area contributed by atoms with Crippen LogP contribution in [-0.2, 0) is 23.6 Å². The van der Waals surface area contributed by atoms with Crippen LogP contribution in [0, 0.1) is 5.82 Å². The van der Waals surface area contributed by atoms with E-state index < -0.39 is 15.8 Å². The van der Waals surface area contributed by atoms with Crippen molar-refractivity contribution in [1.82, 2.24) is 4.57 Å². The number of rotatable bonds is 4. The minimum Gasteiger partial charge on any atom is -0.352 e. The van der Waals surface area contributed by atoms with Gasteiger partial charge >= 0.3 is 0 Å². The Labute approximate surface area is 124 Å². The third-order valence-electron chi connectivity index (χ3n) is 2.78. The lowest BCUT2D eigenvalue weighted by molar-refractivity contribution is 0.600. The highest BCUT2D eigenvalue weighted by molar-refractivity contribution is 9.10. The zero-order valence-electron chi connectivity index (χ0n) is 10.6. The minimum atomic E-state index is -3.74. The highest BCUT2D eigenvalue weighted by Gasteiger charge is 2.18. The summed E-state index contributed by atoms with van der Waals surface area (Å²) in [4.78, 5) is 0.108. The number of nitrogens with two attached hydrogens (primary N) is 1. The highest BCUT2D eigenvalue weighted by atomic mass is 79.9. The molecule has 3 N–H and O–H groups in total. The summed E-state index contributed by atoms with van der Waals surface area (Å²) in [5.74, 6) is -0.454. The lowest BCUT2D eigenvalue weighted by Gasteiger charge is -2.08. The molecule has 108 valence electrons. The van der Waals surface area contributed by atoms with Gasteiger partial charge in [0.15, 0.2) is 0 Å². The maximum absolute atomic E-state index is 13.0. The topological polar surface area (TPSA) is 77.1 Å². The molecule has 1 aromatic heterocycles. The fourth-order valence-corrected chi connectivity index (χ4v) is 3.46. The number of sulfonamides is 1. The van der Waals surface area contributed by atoms with Crippen LogP contribution in [0.3, 0.4) is 0 Å². The largest absolute Gasteiger partial charge is 0.352 e. The summed E-state index contributed by atoms with van der Waals surface area (Å²) in [7, 11) is -2.02. The molecule has 1 heterocycles. The summed E-state index contributed by atoms with van der Waals surface area (Å²) in [5, 5.41) is 0. The van der Waals surface area contributed by atoms with Crippen molar-refractivity contribution in [2.24, 2.45) is 12.8 Å². The van der Waals surface area contributed by atoms with E-state index in [1.807, 2.05) is 0 Å². The van der Waals surface area contributed by atoms with Gasteiger partial charge in [0.25, 0.3) is 10.0 Å². The Morgan fingerprint density at radius 1 is 1.40 bits per heavy atom. The van der Waals surface area contributed by atoms with Crippen molar-refractivity contribution < 1.29 is 12.8 Å². The first kappa shape index (κ1) is 15.0. The molecule has 0 unspecified atom stereocenters. The Hall–Kier alpha value is -1.38. The molecule has 0 spiro atoms. The molecule has 1 aromatic carbocycles. The van der Waals surface area contributed by atoms with E-state index in [0.29, 0.717) is 10.2 Å². The molecule has 2 rings (SSSR count). The van der Waals surface area contributed by atoms with Crippen molar-refractivity contribution in [3.63, 3.8) is 0 Å². The first-order valence-electron chi connectivity index (χ1n) is 5.66. The van der Waals surface area contributed by atoms with Crippen molar-refractivity contribution in [3.05, 3.63) is 46.4 Å². The van der Waals surface area contributed by atoms with E-state index in [-0.39, 0.29) is 17.1 Å². The molecule has 0 amide bonds. The Kier molecular flexibility index (Phi) is 4.17. The first-order chi connectivity index (χ1) is 9.33. The molecule has 0 aliphatic rings. The molecule has 5 nitrogen and oxygen atoms in total. The van der Waals surface area contributed by atoms with Gasteiger partial charge < -0.3 is 10.3 Å². The Balaban J connectivity index is 2.35. The number of halogens is 2. The average Bonchev–Trinajstić information content (AvgIpc) is 2.75. The molecule has 0 aliphatic heterocycles. The first-order valence-corrected chi connectivity index (χ1v) is 7.94. The molecule has 0 atom stereocenters. The second kappa shape index (κ2) is 5.55. The number of nitrogens with zero attached hydrogens (tertiary/aromatic N) is 1. The van der Waals surface area contributed by atoms with Crippen molar-refractivity contribution in [1.29, 1.82) is 0 Å². The lowest BCUT2D eigenvalue weighted by Crippen LogP contribution is -2.12. The molecule has 0 fully saturated rings. The summed E-state index contributed by atoms with van der Waals surface area (Å²) in [6.07, 6.45) is 1.47. The minimum absolute atomic E-state index is 0.108. The summed E-state index contributed by atoms with van der Waals surface area (Å²) in [5.41, 5.74) is 6.48. The Morgan fingerprint density at radius 2 is 2.10 bits per heavy atom. The predicted molar refractivity (Wildman–Crippen MR) is 78.2 cm³/mol. The average molecular weight is 362 g/mol. The molecule has 0 saturated heterocycles. The molecule has 0 bridgehead atoms. The van der Waals surface area contributed by atoms with Crippen LogP contribution in [-0.4, -0.2) is 13.0 Å². The van der Waals surface area contributed by atoms with E-state index in [4.69, 9.17) is 5.73 Å². The van der Waals surface area contributed by atoms with Crippen LogP contribution in [0.2, 0.25) is 0 Å². The van der Waals surface area contributed by atoms with E-state index in [2.05, 4.69) is 20.7 Å². The van der Waals surface area contributed by atoms with E-state index in [1.165, 1.54) is 30.5 Å². The van der Waals surface area contributed by atoms with Crippen LogP contribution in [0.5, 0.6) is 0 Å². The smallest absolute Gasteiger partial charge is 0.263 e. The SMILES string of the molecule is Cn1cc(S(=O)(=O)Nc2ccc(F)cc2Br)cc1CN. The standard InChI is InChI=1S/C12H13BrFN3O2S/c1-17-7-10(5-9(17)6-15)20(18,19)16-12-3-2-8(14)4-11(12)13/h2-5,7,16H,6,15H2,1H3. The van der Waals surface area contributed by atoms with Gasteiger partial charge in [-0.25, -0.2) is 12.8 Å². The van der Waals surface area contributed by atoms with Crippen molar-refractivity contribution in [2.45, 2.75) is 11.4 Å². The maximum Gasteiger partial charge on any atom is 0.263 e. The molecular formula is C12H13BrFN3O2S. The van der Waals surface area contributed by atoms with Gasteiger partial charge in [-0.2, -0.15) is 0 Å². The molecule has 0 aliphatic carbocycles. The van der Waals surface area contributed by atoms with Crippen LogP contribution < -0.4 is 10.5 Å². The van der Waals surface area contributed by atoms with E-state index in [9.17, 15) is 12.8 Å². The van der Waals surface area contributed by atoms with Gasteiger partial charge in [-0.05, 0) is 40.2 Å². The number of nitrogens with one attached hydrogen (secondary N) is 1. The summed E-state index contributed by atoms with van der Waals surface area (Å²) >= 11 is 3.11. The van der Waals surface area contributed by atoms with Crippen molar-refractivity contribution in [3.8, 4) is 0 Å². The third-order valence-corrected chi connectivity index (χ3v) is 4.77. The summed E-state index contributed by atoms with van der Waals surface area (Å²) < 4.78 is 41.8. The monoisotopic (exact) mass is 361 g/mol. The maximum atomic E-state index is 13.0. The molecule has 8 heteroatoms.